The van der Waals surface area contributed by atoms with E-state index in [-0.39, 0.29) is 5.91 Å². The number of furan rings is 1. The third kappa shape index (κ3) is 3.72. The number of halogens is 1. The molecule has 1 aromatic heterocycles. The number of allylic oxidation sites excluding steroid dienone is 1. The molecule has 1 amide bonds. The number of hydrogen-bond acceptors (Lipinski definition) is 3. The minimum Gasteiger partial charge on any atom is -0.496 e. The lowest BCUT2D eigenvalue weighted by atomic mass is 9.94. The molecule has 0 spiro atoms. The predicted molar refractivity (Wildman–Crippen MR) is 116 cm³/mol. The van der Waals surface area contributed by atoms with Gasteiger partial charge in [0.15, 0.2) is 0 Å². The fourth-order valence-corrected chi connectivity index (χ4v) is 4.18. The Morgan fingerprint density at radius 2 is 2.04 bits per heavy atom. The van der Waals surface area contributed by atoms with E-state index in [2.05, 4.69) is 27.3 Å². The van der Waals surface area contributed by atoms with Crippen molar-refractivity contribution in [1.82, 2.24) is 0 Å². The van der Waals surface area contributed by atoms with E-state index in [0.29, 0.717) is 5.75 Å². The molecule has 1 heterocycles. The number of fused-ring (bicyclic) bond motifs is 3. The lowest BCUT2D eigenvalue weighted by Gasteiger charge is -2.11. The van der Waals surface area contributed by atoms with Crippen molar-refractivity contribution in [1.29, 1.82) is 0 Å². The van der Waals surface area contributed by atoms with Crippen LogP contribution in [0.25, 0.3) is 16.5 Å². The van der Waals surface area contributed by atoms with Crippen LogP contribution in [0.4, 0.5) is 5.69 Å². The fourth-order valence-electron chi connectivity index (χ4n) is 3.79. The van der Waals surface area contributed by atoms with E-state index in [4.69, 9.17) is 9.15 Å². The van der Waals surface area contributed by atoms with Crippen molar-refractivity contribution in [3.63, 3.8) is 0 Å². The van der Waals surface area contributed by atoms with Crippen LogP contribution in [0.1, 0.15) is 36.7 Å². The first-order valence-electron chi connectivity index (χ1n) is 9.42. The zero-order chi connectivity index (χ0) is 19.7. The Balaban J connectivity index is 1.68. The van der Waals surface area contributed by atoms with Crippen molar-refractivity contribution in [3.05, 3.63) is 63.8 Å². The summed E-state index contributed by atoms with van der Waals surface area (Å²) < 4.78 is 12.6. The fraction of sp³-hybridized carbons (Fsp3) is 0.261. The van der Waals surface area contributed by atoms with Crippen molar-refractivity contribution >= 4 is 44.1 Å². The molecule has 0 fully saturated rings. The van der Waals surface area contributed by atoms with Crippen LogP contribution in [0.3, 0.4) is 0 Å². The third-order valence-electron chi connectivity index (χ3n) is 5.14. The smallest absolute Gasteiger partial charge is 0.248 e. The normalized spacial score (nSPS) is 14.0. The zero-order valence-corrected chi connectivity index (χ0v) is 17.6. The Kier molecular flexibility index (Phi) is 5.27. The molecule has 5 heteroatoms. The molecular weight excluding hydrogens is 418 g/mol. The average Bonchev–Trinajstić information content (AvgIpc) is 3.04. The summed E-state index contributed by atoms with van der Waals surface area (Å²) in [5.74, 6) is 1.63. The predicted octanol–water partition coefficient (Wildman–Crippen LogP) is 6.12. The second kappa shape index (κ2) is 7.84. The van der Waals surface area contributed by atoms with Gasteiger partial charge in [0.25, 0.3) is 0 Å². The number of rotatable bonds is 4. The maximum atomic E-state index is 12.5. The van der Waals surface area contributed by atoms with Gasteiger partial charge in [-0.25, -0.2) is 0 Å². The first kappa shape index (κ1) is 18.8. The highest BCUT2D eigenvalue weighted by molar-refractivity contribution is 9.10. The van der Waals surface area contributed by atoms with Crippen molar-refractivity contribution in [3.8, 4) is 5.75 Å². The molecule has 0 saturated heterocycles. The van der Waals surface area contributed by atoms with Crippen LogP contribution >= 0.6 is 15.9 Å². The molecule has 0 unspecified atom stereocenters. The number of ether oxygens (including phenoxy) is 1. The number of carbonyl (C=O) groups is 1. The number of hydrogen-bond donors (Lipinski definition) is 1. The number of methoxy groups -OCH3 is 1. The summed E-state index contributed by atoms with van der Waals surface area (Å²) in [5.41, 5.74) is 4.66. The van der Waals surface area contributed by atoms with Crippen LogP contribution in [-0.4, -0.2) is 13.0 Å². The molecule has 28 heavy (non-hydrogen) atoms. The topological polar surface area (TPSA) is 51.5 Å². The largest absolute Gasteiger partial charge is 0.496 e. The van der Waals surface area contributed by atoms with E-state index in [0.717, 1.165) is 50.9 Å². The molecule has 144 valence electrons. The van der Waals surface area contributed by atoms with Gasteiger partial charge in [-0.15, -0.1) is 0 Å². The van der Waals surface area contributed by atoms with Gasteiger partial charge in [-0.3, -0.25) is 4.79 Å². The molecule has 4 rings (SSSR count). The first-order valence-corrected chi connectivity index (χ1v) is 10.2. The third-order valence-corrected chi connectivity index (χ3v) is 5.64. The minimum atomic E-state index is -0.174. The molecule has 1 aliphatic carbocycles. The van der Waals surface area contributed by atoms with Gasteiger partial charge in [0.2, 0.25) is 5.91 Å². The summed E-state index contributed by atoms with van der Waals surface area (Å²) in [4.78, 5) is 12.5. The van der Waals surface area contributed by atoms with Crippen LogP contribution in [0.2, 0.25) is 0 Å². The van der Waals surface area contributed by atoms with Gasteiger partial charge in [-0.1, -0.05) is 22.0 Å². The molecule has 2 aromatic carbocycles. The monoisotopic (exact) mass is 439 g/mol. The molecule has 1 aliphatic rings. The lowest BCUT2D eigenvalue weighted by molar-refractivity contribution is -0.111. The van der Waals surface area contributed by atoms with E-state index < -0.39 is 0 Å². The minimum absolute atomic E-state index is 0.174. The number of aryl methyl sites for hydroxylation is 2. The molecule has 4 nitrogen and oxygen atoms in total. The summed E-state index contributed by atoms with van der Waals surface area (Å²) in [6, 6.07) is 11.6. The number of nitrogens with one attached hydrogen (secondary N) is 1. The van der Waals surface area contributed by atoms with Crippen molar-refractivity contribution < 1.29 is 13.9 Å². The molecule has 3 aromatic rings. The molecular formula is C23H22BrNO3. The SMILES string of the molecule is COc1cc2oc3c(c2cc1/C(C)=C/C(=O)Nc1cccc(Br)c1)CCCC3. The second-order valence-corrected chi connectivity index (χ2v) is 8.00. The van der Waals surface area contributed by atoms with Gasteiger partial charge in [0.05, 0.1) is 7.11 Å². The summed E-state index contributed by atoms with van der Waals surface area (Å²) in [6.07, 6.45) is 6.00. The van der Waals surface area contributed by atoms with Gasteiger partial charge in [0.1, 0.15) is 17.1 Å². The summed E-state index contributed by atoms with van der Waals surface area (Å²) in [7, 11) is 1.64. The first-order chi connectivity index (χ1) is 13.5. The summed E-state index contributed by atoms with van der Waals surface area (Å²) >= 11 is 3.42. The van der Waals surface area contributed by atoms with E-state index in [9.17, 15) is 4.79 Å². The van der Waals surface area contributed by atoms with Crippen molar-refractivity contribution in [2.75, 3.05) is 12.4 Å². The Labute approximate surface area is 172 Å². The highest BCUT2D eigenvalue weighted by Crippen LogP contribution is 2.37. The second-order valence-electron chi connectivity index (χ2n) is 7.09. The Bertz CT molecular complexity index is 1080. The van der Waals surface area contributed by atoms with Gasteiger partial charge < -0.3 is 14.5 Å². The van der Waals surface area contributed by atoms with Crippen LogP contribution in [0.15, 0.2) is 51.4 Å². The van der Waals surface area contributed by atoms with Crippen LogP contribution in [-0.2, 0) is 17.6 Å². The van der Waals surface area contributed by atoms with Gasteiger partial charge in [0, 0.05) is 45.2 Å². The molecule has 1 N–H and O–H groups in total. The quantitative estimate of drug-likeness (QED) is 0.497. The Morgan fingerprint density at radius 1 is 1.21 bits per heavy atom. The molecule has 0 bridgehead atoms. The average molecular weight is 440 g/mol. The number of benzene rings is 2. The number of anilines is 1. The van der Waals surface area contributed by atoms with Crippen molar-refractivity contribution in [2.24, 2.45) is 0 Å². The van der Waals surface area contributed by atoms with E-state index in [1.165, 1.54) is 18.4 Å². The zero-order valence-electron chi connectivity index (χ0n) is 16.0. The number of carbonyl (C=O) groups excluding carboxylic acids is 1. The molecule has 0 radical (unpaired) electrons. The molecule has 0 atom stereocenters. The highest BCUT2D eigenvalue weighted by Gasteiger charge is 2.20. The van der Waals surface area contributed by atoms with E-state index in [1.54, 1.807) is 13.2 Å². The summed E-state index contributed by atoms with van der Waals surface area (Å²) in [6.45, 7) is 1.93. The maximum absolute atomic E-state index is 12.5. The van der Waals surface area contributed by atoms with Crippen LogP contribution in [0, 0.1) is 0 Å². The van der Waals surface area contributed by atoms with Gasteiger partial charge in [-0.05, 0) is 56.0 Å². The Morgan fingerprint density at radius 3 is 2.82 bits per heavy atom. The van der Waals surface area contributed by atoms with E-state index >= 15 is 0 Å². The van der Waals surface area contributed by atoms with Gasteiger partial charge in [-0.2, -0.15) is 0 Å². The maximum Gasteiger partial charge on any atom is 0.248 e. The Hall–Kier alpha value is -2.53. The van der Waals surface area contributed by atoms with E-state index in [1.807, 2.05) is 37.3 Å². The van der Waals surface area contributed by atoms with Gasteiger partial charge >= 0.3 is 0 Å². The lowest BCUT2D eigenvalue weighted by Crippen LogP contribution is -2.08. The van der Waals surface area contributed by atoms with Crippen molar-refractivity contribution in [2.45, 2.75) is 32.6 Å². The van der Waals surface area contributed by atoms with Crippen LogP contribution in [0.5, 0.6) is 5.75 Å². The molecule has 0 saturated carbocycles. The molecule has 0 aliphatic heterocycles. The number of amides is 1. The highest BCUT2D eigenvalue weighted by atomic mass is 79.9. The standard InChI is InChI=1S/C23H22BrNO3/c1-14(10-23(26)25-16-7-5-6-15(24)11-16)18-12-19-17-8-3-4-9-20(17)28-22(19)13-21(18)27-2/h5-7,10-13H,3-4,8-9H2,1-2H3,(H,25,26)/b14-10+. The van der Waals surface area contributed by atoms with Crippen LogP contribution < -0.4 is 10.1 Å². The summed E-state index contributed by atoms with van der Waals surface area (Å²) in [5, 5.41) is 4.03.